The van der Waals surface area contributed by atoms with E-state index < -0.39 is 0 Å². The van der Waals surface area contributed by atoms with Crippen molar-refractivity contribution >= 4 is 11.5 Å². The molecule has 0 bridgehead atoms. The van der Waals surface area contributed by atoms with E-state index >= 15 is 0 Å². The fourth-order valence-electron chi connectivity index (χ4n) is 2.03. The highest BCUT2D eigenvalue weighted by Gasteiger charge is 2.19. The second-order valence-electron chi connectivity index (χ2n) is 4.02. The van der Waals surface area contributed by atoms with E-state index in [0.29, 0.717) is 13.0 Å². The molecule has 0 fully saturated rings. The first-order valence-electron chi connectivity index (χ1n) is 5.31. The molecule has 78 valence electrons. The first-order valence-corrected chi connectivity index (χ1v) is 5.31. The van der Waals surface area contributed by atoms with E-state index in [0.717, 1.165) is 28.0 Å². The monoisotopic (exact) mass is 201 g/mol. The average Bonchev–Trinajstić information content (AvgIpc) is 2.58. The van der Waals surface area contributed by atoms with Crippen LogP contribution in [0.15, 0.2) is 17.1 Å². The highest BCUT2D eigenvalue weighted by molar-refractivity contribution is 6.07. The molecular weight excluding hydrogens is 186 g/mol. The van der Waals surface area contributed by atoms with E-state index in [4.69, 9.17) is 0 Å². The number of carbonyl (C=O) groups excluding carboxylic acids is 1. The minimum atomic E-state index is 0.222. The van der Waals surface area contributed by atoms with Crippen molar-refractivity contribution in [1.82, 2.24) is 0 Å². The maximum Gasteiger partial charge on any atom is 0.162 e. The summed E-state index contributed by atoms with van der Waals surface area (Å²) in [5, 5.41) is 0. The molecule has 2 rings (SSSR count). The van der Waals surface area contributed by atoms with E-state index in [2.05, 4.69) is 11.1 Å². The normalized spacial score (nSPS) is 13.7. The van der Waals surface area contributed by atoms with Gasteiger partial charge in [0.1, 0.15) is 0 Å². The van der Waals surface area contributed by atoms with Crippen LogP contribution in [0.1, 0.15) is 47.3 Å². The fourth-order valence-corrected chi connectivity index (χ4v) is 2.03. The van der Waals surface area contributed by atoms with Gasteiger partial charge in [-0.1, -0.05) is 6.92 Å². The third-order valence-corrected chi connectivity index (χ3v) is 2.88. The van der Waals surface area contributed by atoms with Gasteiger partial charge in [0.2, 0.25) is 0 Å². The molecule has 0 saturated heterocycles. The molecular formula is C13H15NO. The van der Waals surface area contributed by atoms with Gasteiger partial charge in [-0.2, -0.15) is 0 Å². The quantitative estimate of drug-likeness (QED) is 0.676. The summed E-state index contributed by atoms with van der Waals surface area (Å²) in [4.78, 5) is 16.2. The number of carbonyl (C=O) groups is 1. The number of benzene rings is 1. The molecule has 1 aromatic carbocycles. The lowest BCUT2D eigenvalue weighted by Crippen LogP contribution is -2.05. The van der Waals surface area contributed by atoms with Crippen LogP contribution in [0.3, 0.4) is 0 Å². The molecule has 0 aromatic heterocycles. The van der Waals surface area contributed by atoms with E-state index in [1.54, 1.807) is 0 Å². The smallest absolute Gasteiger partial charge is 0.162 e. The van der Waals surface area contributed by atoms with Gasteiger partial charge >= 0.3 is 0 Å². The Morgan fingerprint density at radius 1 is 1.40 bits per heavy atom. The Balaban J connectivity index is 2.60. The van der Waals surface area contributed by atoms with Crippen LogP contribution in [-0.4, -0.2) is 11.5 Å². The molecule has 0 amide bonds. The number of hydrogen-bond donors (Lipinski definition) is 0. The van der Waals surface area contributed by atoms with Gasteiger partial charge < -0.3 is 0 Å². The zero-order valence-corrected chi connectivity index (χ0v) is 9.42. The van der Waals surface area contributed by atoms with Gasteiger partial charge in [0, 0.05) is 23.3 Å². The highest BCUT2D eigenvalue weighted by atomic mass is 16.1. The molecule has 0 aliphatic carbocycles. The van der Waals surface area contributed by atoms with Gasteiger partial charge in [0.25, 0.3) is 0 Å². The standard InChI is InChI=1S/C13H15NO/c1-4-13(15)11-6-8(2)5-10-9(3)14-7-12(10)11/h5-6H,4,7H2,1-3H3. The van der Waals surface area contributed by atoms with Crippen molar-refractivity contribution < 1.29 is 4.79 Å². The van der Waals surface area contributed by atoms with Crippen molar-refractivity contribution in [2.75, 3.05) is 0 Å². The Morgan fingerprint density at radius 2 is 2.13 bits per heavy atom. The van der Waals surface area contributed by atoms with Crippen molar-refractivity contribution in [2.45, 2.75) is 33.7 Å². The Hall–Kier alpha value is -1.44. The van der Waals surface area contributed by atoms with Crippen molar-refractivity contribution in [3.63, 3.8) is 0 Å². The first kappa shape index (κ1) is 10.1. The van der Waals surface area contributed by atoms with E-state index in [-0.39, 0.29) is 5.78 Å². The van der Waals surface area contributed by atoms with Crippen LogP contribution in [0.4, 0.5) is 0 Å². The highest BCUT2D eigenvalue weighted by Crippen LogP contribution is 2.25. The summed E-state index contributed by atoms with van der Waals surface area (Å²) in [7, 11) is 0. The molecule has 0 radical (unpaired) electrons. The Bertz CT molecular complexity index is 458. The minimum Gasteiger partial charge on any atom is -0.294 e. The van der Waals surface area contributed by atoms with Crippen molar-refractivity contribution in [3.8, 4) is 0 Å². The van der Waals surface area contributed by atoms with Gasteiger partial charge in [-0.3, -0.25) is 9.79 Å². The number of Topliss-reactive ketones (excluding diaryl/α,β-unsaturated/α-hetero) is 1. The lowest BCUT2D eigenvalue weighted by molar-refractivity contribution is 0.0987. The van der Waals surface area contributed by atoms with Gasteiger partial charge in [-0.25, -0.2) is 0 Å². The summed E-state index contributed by atoms with van der Waals surface area (Å²) in [5.41, 5.74) is 5.34. The number of hydrogen-bond acceptors (Lipinski definition) is 2. The maximum atomic E-state index is 11.8. The largest absolute Gasteiger partial charge is 0.294 e. The number of ketones is 1. The van der Waals surface area contributed by atoms with Gasteiger partial charge in [-0.05, 0) is 37.1 Å². The molecule has 15 heavy (non-hydrogen) atoms. The lowest BCUT2D eigenvalue weighted by atomic mass is 9.94. The summed E-state index contributed by atoms with van der Waals surface area (Å²) < 4.78 is 0. The lowest BCUT2D eigenvalue weighted by Gasteiger charge is -2.08. The van der Waals surface area contributed by atoms with Crippen LogP contribution in [-0.2, 0) is 6.54 Å². The topological polar surface area (TPSA) is 29.4 Å². The Kier molecular flexibility index (Phi) is 2.43. The first-order chi connectivity index (χ1) is 7.13. The summed E-state index contributed by atoms with van der Waals surface area (Å²) >= 11 is 0. The molecule has 1 heterocycles. The molecule has 1 aliphatic rings. The van der Waals surface area contributed by atoms with Crippen LogP contribution >= 0.6 is 0 Å². The molecule has 0 atom stereocenters. The number of fused-ring (bicyclic) bond motifs is 1. The van der Waals surface area contributed by atoms with Gasteiger partial charge in [-0.15, -0.1) is 0 Å². The Morgan fingerprint density at radius 3 is 2.80 bits per heavy atom. The molecule has 0 unspecified atom stereocenters. The second kappa shape index (κ2) is 3.61. The number of rotatable bonds is 2. The zero-order chi connectivity index (χ0) is 11.0. The second-order valence-corrected chi connectivity index (χ2v) is 4.02. The molecule has 2 nitrogen and oxygen atoms in total. The average molecular weight is 201 g/mol. The number of nitrogens with zero attached hydrogens (tertiary/aromatic N) is 1. The van der Waals surface area contributed by atoms with Crippen molar-refractivity contribution in [1.29, 1.82) is 0 Å². The summed E-state index contributed by atoms with van der Waals surface area (Å²) in [6.45, 7) is 6.60. The predicted octanol–water partition coefficient (Wildman–Crippen LogP) is 2.91. The Labute approximate surface area is 90.0 Å². The SMILES string of the molecule is CCC(=O)c1cc(C)cc2c1CN=C2C. The van der Waals surface area contributed by atoms with E-state index in [1.165, 1.54) is 0 Å². The van der Waals surface area contributed by atoms with Crippen molar-refractivity contribution in [2.24, 2.45) is 4.99 Å². The van der Waals surface area contributed by atoms with Crippen LogP contribution in [0.25, 0.3) is 0 Å². The zero-order valence-electron chi connectivity index (χ0n) is 9.42. The molecule has 2 heteroatoms. The third kappa shape index (κ3) is 1.60. The summed E-state index contributed by atoms with van der Waals surface area (Å²) in [5.74, 6) is 0.222. The molecule has 1 aliphatic heterocycles. The summed E-state index contributed by atoms with van der Waals surface area (Å²) in [6.07, 6.45) is 0.564. The van der Waals surface area contributed by atoms with Gasteiger partial charge in [0.15, 0.2) is 5.78 Å². The van der Waals surface area contributed by atoms with Crippen LogP contribution in [0, 0.1) is 6.92 Å². The predicted molar refractivity (Wildman–Crippen MR) is 61.7 cm³/mol. The van der Waals surface area contributed by atoms with Crippen LogP contribution < -0.4 is 0 Å². The van der Waals surface area contributed by atoms with E-state index in [9.17, 15) is 4.79 Å². The third-order valence-electron chi connectivity index (χ3n) is 2.88. The number of aryl methyl sites for hydroxylation is 1. The maximum absolute atomic E-state index is 11.8. The summed E-state index contributed by atoms with van der Waals surface area (Å²) in [6, 6.07) is 4.10. The number of aliphatic imine (C=N–C) groups is 1. The van der Waals surface area contributed by atoms with Crippen LogP contribution in [0.2, 0.25) is 0 Å². The van der Waals surface area contributed by atoms with Gasteiger partial charge in [0.05, 0.1) is 6.54 Å². The molecule has 0 saturated carbocycles. The van der Waals surface area contributed by atoms with E-state index in [1.807, 2.05) is 26.8 Å². The molecule has 1 aromatic rings. The molecule has 0 spiro atoms. The minimum absolute atomic E-state index is 0.222. The van der Waals surface area contributed by atoms with Crippen LogP contribution in [0.5, 0.6) is 0 Å². The fraction of sp³-hybridized carbons (Fsp3) is 0.385. The van der Waals surface area contributed by atoms with Crippen molar-refractivity contribution in [3.05, 3.63) is 34.4 Å². The molecule has 0 N–H and O–H groups in total.